The number of halogens is 2. The van der Waals surface area contributed by atoms with Crippen molar-refractivity contribution in [2.75, 3.05) is 5.32 Å². The van der Waals surface area contributed by atoms with Crippen molar-refractivity contribution in [3.8, 4) is 0 Å². The van der Waals surface area contributed by atoms with Gasteiger partial charge in [0.2, 0.25) is 0 Å². The van der Waals surface area contributed by atoms with Crippen LogP contribution < -0.4 is 5.32 Å². The Kier molecular flexibility index (Phi) is 3.91. The normalized spacial score (nSPS) is 21.4. The average molecular weight is 306 g/mol. The third kappa shape index (κ3) is 2.79. The minimum Gasteiger partial charge on any atom is -0.382 e. The summed E-state index contributed by atoms with van der Waals surface area (Å²) in [5.41, 5.74) is 3.66. The number of rotatable bonds is 3. The van der Waals surface area contributed by atoms with Gasteiger partial charge >= 0.3 is 0 Å². The largest absolute Gasteiger partial charge is 0.382 e. The predicted octanol–water partition coefficient (Wildman–Crippen LogP) is 5.66. The fourth-order valence-electron chi connectivity index (χ4n) is 2.73. The highest BCUT2D eigenvalue weighted by Crippen LogP contribution is 2.39. The Morgan fingerprint density at radius 3 is 2.40 bits per heavy atom. The van der Waals surface area contributed by atoms with Gasteiger partial charge in [0.25, 0.3) is 0 Å². The average Bonchev–Trinajstić information content (AvgIpc) is 2.39. The summed E-state index contributed by atoms with van der Waals surface area (Å²) in [6.07, 6.45) is 2.32. The summed E-state index contributed by atoms with van der Waals surface area (Å²) >= 11 is 12.1. The van der Waals surface area contributed by atoms with Crippen molar-refractivity contribution >= 4 is 28.9 Å². The van der Waals surface area contributed by atoms with E-state index in [-0.39, 0.29) is 0 Å². The zero-order valence-electron chi connectivity index (χ0n) is 11.4. The highest BCUT2D eigenvalue weighted by molar-refractivity contribution is 6.31. The van der Waals surface area contributed by atoms with Crippen LogP contribution in [-0.2, 0) is 0 Å². The Morgan fingerprint density at radius 1 is 1.00 bits per heavy atom. The van der Waals surface area contributed by atoms with E-state index in [1.165, 1.54) is 5.56 Å². The molecule has 0 unspecified atom stereocenters. The minimum atomic E-state index is 0.535. The van der Waals surface area contributed by atoms with Crippen molar-refractivity contribution in [1.82, 2.24) is 0 Å². The van der Waals surface area contributed by atoms with E-state index in [2.05, 4.69) is 30.4 Å². The summed E-state index contributed by atoms with van der Waals surface area (Å²) in [4.78, 5) is 0. The van der Waals surface area contributed by atoms with Crippen molar-refractivity contribution < 1.29 is 0 Å². The smallest absolute Gasteiger partial charge is 0.0455 e. The molecule has 1 fully saturated rings. The lowest BCUT2D eigenvalue weighted by Crippen LogP contribution is -2.34. The summed E-state index contributed by atoms with van der Waals surface area (Å²) < 4.78 is 0. The highest BCUT2D eigenvalue weighted by atomic mass is 35.5. The van der Waals surface area contributed by atoms with Crippen molar-refractivity contribution in [2.24, 2.45) is 0 Å². The molecule has 3 heteroatoms. The molecule has 0 saturated heterocycles. The Bertz CT molecular complexity index is 601. The van der Waals surface area contributed by atoms with E-state index < -0.39 is 0 Å². The van der Waals surface area contributed by atoms with Crippen LogP contribution in [0.4, 0.5) is 5.69 Å². The molecule has 3 rings (SSSR count). The number of hydrogen-bond donors (Lipinski definition) is 1. The van der Waals surface area contributed by atoms with Crippen LogP contribution in [0.1, 0.15) is 29.9 Å². The van der Waals surface area contributed by atoms with Gasteiger partial charge in [0.05, 0.1) is 0 Å². The van der Waals surface area contributed by atoms with Gasteiger partial charge in [-0.15, -0.1) is 0 Å². The molecular formula is C17H17Cl2N. The molecule has 1 saturated carbocycles. The number of anilines is 1. The molecule has 104 valence electrons. The van der Waals surface area contributed by atoms with E-state index in [4.69, 9.17) is 23.2 Å². The lowest BCUT2D eigenvalue weighted by atomic mass is 9.76. The number of hydrogen-bond acceptors (Lipinski definition) is 1. The molecule has 20 heavy (non-hydrogen) atoms. The van der Waals surface area contributed by atoms with Gasteiger partial charge in [-0.05, 0) is 61.1 Å². The van der Waals surface area contributed by atoms with Crippen LogP contribution in [0.2, 0.25) is 10.0 Å². The first-order valence-electron chi connectivity index (χ1n) is 6.90. The van der Waals surface area contributed by atoms with E-state index in [0.717, 1.165) is 34.1 Å². The topological polar surface area (TPSA) is 12.0 Å². The second-order valence-electron chi connectivity index (χ2n) is 5.47. The SMILES string of the molecule is Cc1c(Cl)cccc1NC1CC(c2ccc(Cl)cc2)C1. The van der Waals surface area contributed by atoms with Gasteiger partial charge in [-0.2, -0.15) is 0 Å². The lowest BCUT2D eigenvalue weighted by Gasteiger charge is -2.37. The molecular weight excluding hydrogens is 289 g/mol. The van der Waals surface area contributed by atoms with Gasteiger partial charge in [-0.25, -0.2) is 0 Å². The van der Waals surface area contributed by atoms with Crippen LogP contribution in [-0.4, -0.2) is 6.04 Å². The molecule has 1 aliphatic rings. The maximum absolute atomic E-state index is 6.15. The third-order valence-corrected chi connectivity index (χ3v) is 4.77. The molecule has 0 radical (unpaired) electrons. The van der Waals surface area contributed by atoms with E-state index in [1.807, 2.05) is 24.3 Å². The van der Waals surface area contributed by atoms with Gasteiger partial charge in [0, 0.05) is 21.8 Å². The van der Waals surface area contributed by atoms with Crippen molar-refractivity contribution in [3.63, 3.8) is 0 Å². The van der Waals surface area contributed by atoms with Gasteiger partial charge in [-0.1, -0.05) is 41.4 Å². The Morgan fingerprint density at radius 2 is 1.70 bits per heavy atom. The fraction of sp³-hybridized carbons (Fsp3) is 0.294. The standard InChI is InChI=1S/C17H17Cl2N/c1-11-16(19)3-2-4-17(11)20-15-9-13(10-15)12-5-7-14(18)8-6-12/h2-8,13,15,20H,9-10H2,1H3. The van der Waals surface area contributed by atoms with Crippen LogP contribution in [0, 0.1) is 6.92 Å². The second-order valence-corrected chi connectivity index (χ2v) is 6.32. The van der Waals surface area contributed by atoms with Crippen LogP contribution >= 0.6 is 23.2 Å². The Balaban J connectivity index is 1.61. The summed E-state index contributed by atoms with van der Waals surface area (Å²) in [6, 6.07) is 14.8. The van der Waals surface area contributed by atoms with Gasteiger partial charge in [-0.3, -0.25) is 0 Å². The molecule has 1 nitrogen and oxygen atoms in total. The first kappa shape index (κ1) is 13.8. The first-order valence-corrected chi connectivity index (χ1v) is 7.66. The fourth-order valence-corrected chi connectivity index (χ4v) is 3.03. The van der Waals surface area contributed by atoms with E-state index in [1.54, 1.807) is 0 Å². The maximum atomic E-state index is 6.15. The number of nitrogens with one attached hydrogen (secondary N) is 1. The van der Waals surface area contributed by atoms with Crippen LogP contribution in [0.15, 0.2) is 42.5 Å². The molecule has 1 N–H and O–H groups in total. The number of benzene rings is 2. The third-order valence-electron chi connectivity index (χ3n) is 4.11. The molecule has 0 heterocycles. The quantitative estimate of drug-likeness (QED) is 0.771. The molecule has 2 aromatic rings. The minimum absolute atomic E-state index is 0.535. The monoisotopic (exact) mass is 305 g/mol. The van der Waals surface area contributed by atoms with E-state index in [9.17, 15) is 0 Å². The van der Waals surface area contributed by atoms with Crippen LogP contribution in [0.3, 0.4) is 0 Å². The molecule has 0 spiro atoms. The molecule has 0 atom stereocenters. The summed E-state index contributed by atoms with van der Waals surface area (Å²) in [7, 11) is 0. The molecule has 0 aromatic heterocycles. The molecule has 1 aliphatic carbocycles. The highest BCUT2D eigenvalue weighted by Gasteiger charge is 2.30. The van der Waals surface area contributed by atoms with Crippen LogP contribution in [0.25, 0.3) is 0 Å². The first-order chi connectivity index (χ1) is 9.63. The summed E-state index contributed by atoms with van der Waals surface area (Å²) in [6.45, 7) is 2.06. The van der Waals surface area contributed by atoms with E-state index >= 15 is 0 Å². The van der Waals surface area contributed by atoms with Gasteiger partial charge < -0.3 is 5.32 Å². The van der Waals surface area contributed by atoms with Crippen molar-refractivity contribution in [3.05, 3.63) is 63.6 Å². The van der Waals surface area contributed by atoms with Crippen molar-refractivity contribution in [1.29, 1.82) is 0 Å². The molecule has 2 aromatic carbocycles. The second kappa shape index (κ2) is 5.67. The Hall–Kier alpha value is -1.18. The molecule has 0 aliphatic heterocycles. The zero-order valence-corrected chi connectivity index (χ0v) is 12.9. The summed E-state index contributed by atoms with van der Waals surface area (Å²) in [5, 5.41) is 5.21. The van der Waals surface area contributed by atoms with Crippen LogP contribution in [0.5, 0.6) is 0 Å². The van der Waals surface area contributed by atoms with E-state index in [0.29, 0.717) is 12.0 Å². The van der Waals surface area contributed by atoms with Gasteiger partial charge in [0.1, 0.15) is 0 Å². The molecule has 0 bridgehead atoms. The zero-order chi connectivity index (χ0) is 14.1. The Labute approximate surface area is 129 Å². The van der Waals surface area contributed by atoms with Crippen molar-refractivity contribution in [2.45, 2.75) is 31.7 Å². The summed E-state index contributed by atoms with van der Waals surface area (Å²) in [5.74, 6) is 0.643. The maximum Gasteiger partial charge on any atom is 0.0455 e. The van der Waals surface area contributed by atoms with Gasteiger partial charge in [0.15, 0.2) is 0 Å². The predicted molar refractivity (Wildman–Crippen MR) is 87.0 cm³/mol. The lowest BCUT2D eigenvalue weighted by molar-refractivity contribution is 0.374. The molecule has 0 amide bonds.